The van der Waals surface area contributed by atoms with Crippen LogP contribution in [0, 0.1) is 18.8 Å². The second-order valence-electron chi connectivity index (χ2n) is 26.7. The lowest BCUT2D eigenvalue weighted by Gasteiger charge is -2.35. The highest BCUT2D eigenvalue weighted by Crippen LogP contribution is 2.44. The Morgan fingerprint density at radius 3 is 1.35 bits per heavy atom. The fraction of sp³-hybridized carbons (Fsp3) is 0.366. The lowest BCUT2D eigenvalue weighted by molar-refractivity contribution is -0.169. The van der Waals surface area contributed by atoms with Crippen molar-refractivity contribution in [1.29, 1.82) is 0 Å². The Kier molecular flexibility index (Phi) is 20.3. The van der Waals surface area contributed by atoms with E-state index in [1.165, 1.54) is 51.7 Å². The average molecular weight is 1490 g/mol. The molecule has 27 nitrogen and oxygen atoms in total. The summed E-state index contributed by atoms with van der Waals surface area (Å²) in [6, 6.07) is 19.4. The summed E-state index contributed by atoms with van der Waals surface area (Å²) in [5.74, 6) is -3.56. The molecule has 9 aromatic rings. The molecule has 107 heavy (non-hydrogen) atoms. The molecule has 9 aromatic heterocycles. The van der Waals surface area contributed by atoms with E-state index in [0.29, 0.717) is 98.6 Å². The number of halogens is 9. The maximum Gasteiger partial charge on any atom is 0.391 e. The Morgan fingerprint density at radius 2 is 0.953 bits per heavy atom. The number of oxazole rings is 1. The lowest BCUT2D eigenvalue weighted by Crippen LogP contribution is -2.48. The molecule has 6 amide bonds. The Labute approximate surface area is 604 Å². The first-order chi connectivity index (χ1) is 50.9. The van der Waals surface area contributed by atoms with Gasteiger partial charge in [0, 0.05) is 120 Å². The van der Waals surface area contributed by atoms with Crippen molar-refractivity contribution in [3.8, 4) is 33.7 Å². The number of nitrogens with zero attached hydrogens (tertiary/aromatic N) is 17. The van der Waals surface area contributed by atoms with Gasteiger partial charge >= 0.3 is 36.6 Å². The third-order valence-corrected chi connectivity index (χ3v) is 19.1. The molecular formula is C71H69F9N20O7. The first kappa shape index (κ1) is 73.4. The van der Waals surface area contributed by atoms with E-state index in [1.807, 2.05) is 50.4 Å². The second-order valence-corrected chi connectivity index (χ2v) is 26.7. The van der Waals surface area contributed by atoms with Crippen LogP contribution in [0.15, 0.2) is 127 Å². The van der Waals surface area contributed by atoms with E-state index in [0.717, 1.165) is 41.9 Å². The van der Waals surface area contributed by atoms with E-state index < -0.39 is 91.5 Å². The van der Waals surface area contributed by atoms with Crippen molar-refractivity contribution in [2.45, 2.75) is 102 Å². The molecule has 3 fully saturated rings. The molecule has 3 saturated heterocycles. The minimum atomic E-state index is -4.48. The number of pyridine rings is 6. The quantitative estimate of drug-likeness (QED) is 0.0634. The molecule has 6 bridgehead atoms. The lowest BCUT2D eigenvalue weighted by atomic mass is 10.0. The molecule has 0 spiro atoms. The summed E-state index contributed by atoms with van der Waals surface area (Å²) < 4.78 is 124. The fourth-order valence-electron chi connectivity index (χ4n) is 13.6. The average Bonchev–Trinajstić information content (AvgIpc) is 1.68. The van der Waals surface area contributed by atoms with Crippen molar-refractivity contribution in [3.05, 3.63) is 145 Å². The number of carbonyl (C=O) groups excluding carboxylic acids is 6. The molecule has 6 aliphatic rings. The van der Waals surface area contributed by atoms with Gasteiger partial charge in [-0.1, -0.05) is 13.8 Å². The Balaban J connectivity index is 0.000000142. The number of anilines is 9. The zero-order valence-corrected chi connectivity index (χ0v) is 58.0. The molecule has 6 aliphatic heterocycles. The molecule has 0 unspecified atom stereocenters. The minimum absolute atomic E-state index is 0.0951. The Morgan fingerprint density at radius 1 is 0.533 bits per heavy atom. The van der Waals surface area contributed by atoms with Gasteiger partial charge in [0.2, 0.25) is 0 Å². The molecule has 5 atom stereocenters. The van der Waals surface area contributed by atoms with E-state index in [-0.39, 0.29) is 58.5 Å². The molecule has 0 aromatic carbocycles. The van der Waals surface area contributed by atoms with Crippen LogP contribution in [0.3, 0.4) is 0 Å². The van der Waals surface area contributed by atoms with E-state index in [2.05, 4.69) is 70.8 Å². The molecule has 0 saturated carbocycles. The number of alkyl halides is 9. The zero-order valence-electron chi connectivity index (χ0n) is 58.0. The first-order valence-corrected chi connectivity index (χ1v) is 34.1. The van der Waals surface area contributed by atoms with Crippen LogP contribution in [-0.4, -0.2) is 166 Å². The minimum Gasteiger partial charge on any atom is -0.444 e. The molecule has 0 aliphatic carbocycles. The van der Waals surface area contributed by atoms with Crippen LogP contribution in [0.25, 0.3) is 33.7 Å². The largest absolute Gasteiger partial charge is 0.444 e. The first-order valence-electron chi connectivity index (χ1n) is 34.1. The zero-order chi connectivity index (χ0) is 76.0. The fourth-order valence-corrected chi connectivity index (χ4v) is 13.6. The van der Waals surface area contributed by atoms with Crippen molar-refractivity contribution < 1.29 is 72.7 Å². The van der Waals surface area contributed by atoms with Gasteiger partial charge in [-0.15, -0.1) is 0 Å². The number of urea groups is 3. The van der Waals surface area contributed by atoms with Crippen LogP contribution in [0.5, 0.6) is 0 Å². The van der Waals surface area contributed by atoms with Crippen LogP contribution >= 0.6 is 0 Å². The van der Waals surface area contributed by atoms with Crippen molar-refractivity contribution >= 4 is 87.4 Å². The number of aromatic nitrogens is 11. The highest BCUT2D eigenvalue weighted by atomic mass is 19.4. The van der Waals surface area contributed by atoms with Gasteiger partial charge in [-0.2, -0.15) is 49.7 Å². The van der Waals surface area contributed by atoms with Crippen molar-refractivity contribution in [3.63, 3.8) is 0 Å². The van der Waals surface area contributed by atoms with Crippen LogP contribution in [-0.2, 0) is 14.1 Å². The smallest absolute Gasteiger partial charge is 0.391 e. The predicted octanol–water partition coefficient (Wildman–Crippen LogP) is 13.2. The number of nitrogens with one attached hydrogen (secondary N) is 3. The maximum atomic E-state index is 13.5. The summed E-state index contributed by atoms with van der Waals surface area (Å²) >= 11 is 0. The number of carbonyl (C=O) groups is 6. The van der Waals surface area contributed by atoms with Gasteiger partial charge in [-0.05, 0) is 111 Å². The van der Waals surface area contributed by atoms with E-state index >= 15 is 0 Å². The highest BCUT2D eigenvalue weighted by molar-refractivity contribution is 6.08. The molecular weight excluding hydrogens is 1420 g/mol. The monoisotopic (exact) mass is 1480 g/mol. The van der Waals surface area contributed by atoms with Crippen LogP contribution in [0.1, 0.15) is 96.0 Å². The van der Waals surface area contributed by atoms with Gasteiger partial charge < -0.3 is 19.1 Å². The Hall–Kier alpha value is -11.9. The van der Waals surface area contributed by atoms with E-state index in [4.69, 9.17) is 4.42 Å². The van der Waals surface area contributed by atoms with Crippen molar-refractivity contribution in [2.75, 3.05) is 84.6 Å². The van der Waals surface area contributed by atoms with E-state index in [1.54, 1.807) is 70.3 Å². The van der Waals surface area contributed by atoms with Gasteiger partial charge in [0.1, 0.15) is 34.5 Å². The summed E-state index contributed by atoms with van der Waals surface area (Å²) in [7, 11) is 3.64. The maximum absolute atomic E-state index is 13.5. The number of amides is 6. The SMILES string of the molecule is C[C@@H](CC(=O)c1ccc2c(n1)N(C(=O)Nc1cc(-c3ccn(C)n3)ccn1)[C@H]1CCN2C1)C(F)(F)F.Cc1nn(C)cc1-c1ccnc(NC(=O)N2c3nc(C(=O)C[C@H](C)C(F)(F)F)ccc3N3CC[C@H]2C3)c1.O=C(CCC(F)(F)F)c1ccc2c(n1)N(C(=O)Nc1cc(-c3cnco3)ccn1)[C@H]1CCN2C1. The van der Waals surface area contributed by atoms with Gasteiger partial charge in [-0.3, -0.25) is 54.4 Å². The summed E-state index contributed by atoms with van der Waals surface area (Å²) in [4.78, 5) is 118. The summed E-state index contributed by atoms with van der Waals surface area (Å²) in [5.41, 5.74) is 6.44. The number of aryl methyl sites for hydroxylation is 3. The summed E-state index contributed by atoms with van der Waals surface area (Å²) in [5, 5.41) is 17.1. The van der Waals surface area contributed by atoms with Gasteiger partial charge in [0.05, 0.1) is 71.0 Å². The molecule has 15 heterocycles. The Bertz CT molecular complexity index is 4870. The van der Waals surface area contributed by atoms with Crippen LogP contribution < -0.4 is 45.3 Å². The molecule has 36 heteroatoms. The van der Waals surface area contributed by atoms with Crippen LogP contribution in [0.4, 0.5) is 106 Å². The number of Topliss-reactive ketones (excluding diaryl/α,β-unsaturated/α-hetero) is 3. The number of rotatable bonds is 15. The van der Waals surface area contributed by atoms with Gasteiger partial charge in [-0.25, -0.2) is 49.3 Å². The predicted molar refractivity (Wildman–Crippen MR) is 374 cm³/mol. The number of ketones is 3. The topological polar surface area (TPSA) is 297 Å². The van der Waals surface area contributed by atoms with Gasteiger partial charge in [0.25, 0.3) is 0 Å². The third kappa shape index (κ3) is 16.2. The normalized spacial score (nSPS) is 17.4. The summed E-state index contributed by atoms with van der Waals surface area (Å²) in [6.45, 7) is 7.72. The molecule has 3 N–H and O–H groups in total. The molecule has 15 rings (SSSR count). The number of fused-ring (bicyclic) bond motifs is 12. The second kappa shape index (κ2) is 29.6. The molecule has 0 radical (unpaired) electrons. The van der Waals surface area contributed by atoms with Crippen LogP contribution in [0.2, 0.25) is 0 Å². The highest BCUT2D eigenvalue weighted by Gasteiger charge is 2.46. The summed E-state index contributed by atoms with van der Waals surface area (Å²) in [6.07, 6.45) is -3.45. The van der Waals surface area contributed by atoms with E-state index in [9.17, 15) is 68.3 Å². The van der Waals surface area contributed by atoms with Gasteiger partial charge in [0.15, 0.2) is 47.0 Å². The molecule has 558 valence electrons. The third-order valence-electron chi connectivity index (χ3n) is 19.1. The standard InChI is InChI=1S/C25H26F3N7O2.C24H24F3N7O2.C22H19F3N6O3/c1-14(25(26,27)28)10-21(36)19-4-5-20-23(30-19)35(17-7-9-34(20)12-17)24(37)31-22-11-16(6-8-29-22)18-13-33(3)32-15(18)2;1-14(24(25,26)27)11-20(35)18-3-4-19-22(29-18)34(16-6-10-33(19)13-16)23(36)30-21-12-15(5-8-28-21)17-7-9-32(2)31-17;23-22(24,25)6-3-17(32)15-1-2-16-20(28-15)31(14-5-8-30(16)11-14)21(33)29-19-9-13(4-7-27-19)18-10-26-12-34-18/h4-6,8,11,13-14,17H,7,9-10,12H2,1-3H3,(H,29,31,37);3-5,7-9,12,14,16H,6,10-11,13H2,1-2H3,(H,28,30,36);1-2,4,7,9-10,12,14H,3,5-6,8,11H2,(H,27,29,33)/t14-,17-;14-,16-;14-/m000/s1. The number of hydrogen-bond acceptors (Lipinski definition) is 19. The van der Waals surface area contributed by atoms with Crippen molar-refractivity contribution in [2.24, 2.45) is 25.9 Å². The van der Waals surface area contributed by atoms with Crippen molar-refractivity contribution in [1.82, 2.24) is 54.4 Å². The number of hydrogen-bond donors (Lipinski definition) is 3.